The lowest BCUT2D eigenvalue weighted by atomic mass is 10.3. The molecule has 1 aliphatic rings. The normalized spacial score (nSPS) is 26.5. The highest BCUT2D eigenvalue weighted by Crippen LogP contribution is 2.14. The highest BCUT2D eigenvalue weighted by molar-refractivity contribution is 7.82. The number of hydrogen-bond acceptors (Lipinski definition) is 8. The van der Waals surface area contributed by atoms with Crippen molar-refractivity contribution in [2.24, 2.45) is 0 Å². The fourth-order valence-electron chi connectivity index (χ4n) is 1.34. The molecule has 0 aromatic rings. The van der Waals surface area contributed by atoms with Gasteiger partial charge < -0.3 is 0 Å². The van der Waals surface area contributed by atoms with Gasteiger partial charge in [0, 0.05) is 6.26 Å². The lowest BCUT2D eigenvalue weighted by molar-refractivity contribution is 0.105. The Bertz CT molecular complexity index is 448. The van der Waals surface area contributed by atoms with Crippen LogP contribution in [0.4, 0.5) is 0 Å². The predicted molar refractivity (Wildman–Crippen MR) is 72.6 cm³/mol. The van der Waals surface area contributed by atoms with E-state index in [9.17, 15) is 16.8 Å². The summed E-state index contributed by atoms with van der Waals surface area (Å²) in [6.45, 7) is 1.22. The maximum absolute atomic E-state index is 11.5. The van der Waals surface area contributed by atoms with Gasteiger partial charge in [-0.1, -0.05) is 6.92 Å². The van der Waals surface area contributed by atoms with Crippen LogP contribution in [-0.4, -0.2) is 54.3 Å². The lowest BCUT2D eigenvalue weighted by Gasteiger charge is -2.14. The van der Waals surface area contributed by atoms with Gasteiger partial charge in [-0.05, 0) is 12.8 Å². The van der Waals surface area contributed by atoms with Crippen LogP contribution in [0.25, 0.3) is 0 Å². The maximum Gasteiger partial charge on any atom is 0.400 e. The summed E-state index contributed by atoms with van der Waals surface area (Å²) in [6.07, 6.45) is 1.13. The minimum absolute atomic E-state index is 0.245. The average molecular weight is 350 g/mol. The topological polar surface area (TPSA) is 105 Å². The van der Waals surface area contributed by atoms with E-state index in [-0.39, 0.29) is 13.2 Å². The van der Waals surface area contributed by atoms with Crippen LogP contribution in [0.15, 0.2) is 0 Å². The van der Waals surface area contributed by atoms with E-state index in [4.69, 9.17) is 8.37 Å². The first-order valence-electron chi connectivity index (χ1n) is 5.92. The van der Waals surface area contributed by atoms with Crippen molar-refractivity contribution in [1.29, 1.82) is 0 Å². The SMILES string of the molecule is CCC(COS(=O)(=O)OCC1CCS(=O)O1)OS(C)=O. The van der Waals surface area contributed by atoms with Crippen molar-refractivity contribution < 1.29 is 33.6 Å². The van der Waals surface area contributed by atoms with Crippen LogP contribution in [-0.2, 0) is 49.3 Å². The summed E-state index contributed by atoms with van der Waals surface area (Å²) in [5.74, 6) is 0.364. The number of hydrogen-bond donors (Lipinski definition) is 0. The van der Waals surface area contributed by atoms with Gasteiger partial charge in [-0.15, -0.1) is 0 Å². The molecule has 1 heterocycles. The molecular formula is C9H18O8S3. The smallest absolute Gasteiger partial charge is 0.285 e. The Hall–Kier alpha value is 0.0900. The zero-order chi connectivity index (χ0) is 15.2. The third kappa shape index (κ3) is 7.20. The molecule has 0 aromatic heterocycles. The summed E-state index contributed by atoms with van der Waals surface area (Å²) in [5, 5.41) is 0. The molecule has 120 valence electrons. The molecule has 0 saturated carbocycles. The van der Waals surface area contributed by atoms with Crippen LogP contribution in [0.1, 0.15) is 19.8 Å². The molecule has 1 aliphatic heterocycles. The zero-order valence-corrected chi connectivity index (χ0v) is 13.6. The molecule has 0 aliphatic carbocycles. The van der Waals surface area contributed by atoms with Crippen LogP contribution in [0.5, 0.6) is 0 Å². The van der Waals surface area contributed by atoms with Crippen LogP contribution in [0.2, 0.25) is 0 Å². The van der Waals surface area contributed by atoms with Crippen molar-refractivity contribution in [1.82, 2.24) is 0 Å². The first-order chi connectivity index (χ1) is 9.32. The third-order valence-corrected chi connectivity index (χ3v) is 4.82. The first kappa shape index (κ1) is 18.1. The second-order valence-electron chi connectivity index (χ2n) is 4.02. The Morgan fingerprint density at radius 1 is 1.45 bits per heavy atom. The van der Waals surface area contributed by atoms with Crippen molar-refractivity contribution in [2.45, 2.75) is 32.0 Å². The minimum atomic E-state index is -4.19. The third-order valence-electron chi connectivity index (χ3n) is 2.37. The van der Waals surface area contributed by atoms with Crippen LogP contribution in [0, 0.1) is 0 Å². The highest BCUT2D eigenvalue weighted by Gasteiger charge is 2.25. The second-order valence-corrected chi connectivity index (χ2v) is 7.51. The Balaban J connectivity index is 2.33. The molecule has 8 nitrogen and oxygen atoms in total. The fraction of sp³-hybridized carbons (Fsp3) is 1.00. The first-order valence-corrected chi connectivity index (χ1v) is 9.98. The van der Waals surface area contributed by atoms with E-state index in [0.29, 0.717) is 18.6 Å². The fourth-order valence-corrected chi connectivity index (χ4v) is 3.63. The van der Waals surface area contributed by atoms with Gasteiger partial charge in [0.05, 0.1) is 25.1 Å². The molecule has 0 aromatic carbocycles. The summed E-state index contributed by atoms with van der Waals surface area (Å²) in [6, 6.07) is 0. The summed E-state index contributed by atoms with van der Waals surface area (Å²) in [7, 11) is -4.19. The van der Waals surface area contributed by atoms with E-state index in [1.54, 1.807) is 6.92 Å². The molecule has 20 heavy (non-hydrogen) atoms. The molecule has 4 atom stereocenters. The van der Waals surface area contributed by atoms with Gasteiger partial charge in [-0.2, -0.15) is 8.42 Å². The monoisotopic (exact) mass is 350 g/mol. The maximum atomic E-state index is 11.5. The summed E-state index contributed by atoms with van der Waals surface area (Å²) in [4.78, 5) is 0. The van der Waals surface area contributed by atoms with E-state index in [0.717, 1.165) is 0 Å². The van der Waals surface area contributed by atoms with Gasteiger partial charge in [0.15, 0.2) is 22.2 Å². The summed E-state index contributed by atoms with van der Waals surface area (Å²) < 4.78 is 63.9. The summed E-state index contributed by atoms with van der Waals surface area (Å²) in [5.41, 5.74) is 0. The quantitative estimate of drug-likeness (QED) is 0.563. The molecular weight excluding hydrogens is 332 g/mol. The van der Waals surface area contributed by atoms with Gasteiger partial charge in [0.25, 0.3) is 0 Å². The van der Waals surface area contributed by atoms with E-state index in [1.807, 2.05) is 0 Å². The molecule has 4 unspecified atom stereocenters. The van der Waals surface area contributed by atoms with Crippen LogP contribution < -0.4 is 0 Å². The van der Waals surface area contributed by atoms with E-state index in [2.05, 4.69) is 8.37 Å². The average Bonchev–Trinajstić information content (AvgIpc) is 2.78. The predicted octanol–water partition coefficient (Wildman–Crippen LogP) is -0.194. The molecule has 1 rings (SSSR count). The van der Waals surface area contributed by atoms with E-state index < -0.39 is 44.8 Å². The second kappa shape index (κ2) is 8.51. The molecule has 0 amide bonds. The van der Waals surface area contributed by atoms with Gasteiger partial charge in [0.1, 0.15) is 6.10 Å². The van der Waals surface area contributed by atoms with Crippen molar-refractivity contribution in [3.05, 3.63) is 0 Å². The Kier molecular flexibility index (Phi) is 7.72. The van der Waals surface area contributed by atoms with Crippen LogP contribution >= 0.6 is 0 Å². The molecule has 0 bridgehead atoms. The minimum Gasteiger partial charge on any atom is -0.285 e. The molecule has 0 N–H and O–H groups in total. The highest BCUT2D eigenvalue weighted by atomic mass is 32.3. The van der Waals surface area contributed by atoms with Crippen molar-refractivity contribution >= 4 is 32.6 Å². The number of rotatable bonds is 9. The standard InChI is InChI=1S/C9H18O8S3/c1-3-8(16-18(2)10)6-14-20(12,13)15-7-9-4-5-19(11)17-9/h8-9H,3-7H2,1-2H3. The Morgan fingerprint density at radius 2 is 2.15 bits per heavy atom. The van der Waals surface area contributed by atoms with Gasteiger partial charge in [-0.25, -0.2) is 16.8 Å². The van der Waals surface area contributed by atoms with Gasteiger partial charge >= 0.3 is 10.4 Å². The van der Waals surface area contributed by atoms with Crippen molar-refractivity contribution in [3.8, 4) is 0 Å². The summed E-state index contributed by atoms with van der Waals surface area (Å²) >= 11 is -2.87. The molecule has 0 spiro atoms. The molecule has 1 fully saturated rings. The lowest BCUT2D eigenvalue weighted by Crippen LogP contribution is -2.25. The Labute approximate surface area is 123 Å². The van der Waals surface area contributed by atoms with E-state index >= 15 is 0 Å². The van der Waals surface area contributed by atoms with Gasteiger partial charge in [0.2, 0.25) is 0 Å². The Morgan fingerprint density at radius 3 is 2.65 bits per heavy atom. The molecule has 1 saturated heterocycles. The van der Waals surface area contributed by atoms with Crippen molar-refractivity contribution in [3.63, 3.8) is 0 Å². The van der Waals surface area contributed by atoms with Crippen molar-refractivity contribution in [2.75, 3.05) is 25.2 Å². The largest absolute Gasteiger partial charge is 0.400 e. The molecule has 0 radical (unpaired) electrons. The van der Waals surface area contributed by atoms with Gasteiger partial charge in [-0.3, -0.25) is 8.37 Å². The van der Waals surface area contributed by atoms with E-state index in [1.165, 1.54) is 6.26 Å². The van der Waals surface area contributed by atoms with Crippen LogP contribution in [0.3, 0.4) is 0 Å². The zero-order valence-electron chi connectivity index (χ0n) is 11.2. The molecule has 11 heteroatoms.